The van der Waals surface area contributed by atoms with Gasteiger partial charge in [0, 0.05) is 59.0 Å². The van der Waals surface area contributed by atoms with Crippen molar-refractivity contribution in [3.63, 3.8) is 0 Å². The molecule has 0 fully saturated rings. The van der Waals surface area contributed by atoms with Gasteiger partial charge in [0.2, 0.25) is 0 Å². The summed E-state index contributed by atoms with van der Waals surface area (Å²) >= 11 is 0. The molecule has 16 nitrogen and oxygen atoms in total. The first-order valence-corrected chi connectivity index (χ1v) is 29.1. The topological polar surface area (TPSA) is 196 Å². The quantitative estimate of drug-likeness (QED) is 0.0168. The van der Waals surface area contributed by atoms with E-state index in [9.17, 15) is 28.8 Å². The number of fused-ring (bicyclic) bond motifs is 2. The predicted molar refractivity (Wildman–Crippen MR) is 309 cm³/mol. The molecular weight excluding hydrogens is 1020 g/mol. The minimum atomic E-state index is -1.64. The maximum absolute atomic E-state index is 14.2. The second-order valence-corrected chi connectivity index (χ2v) is 20.3. The highest BCUT2D eigenvalue weighted by Crippen LogP contribution is 2.33. The lowest BCUT2D eigenvalue weighted by Crippen LogP contribution is -2.35. The minimum absolute atomic E-state index is 0.0000841. The number of hydroxylamine groups is 2. The van der Waals surface area contributed by atoms with Crippen molar-refractivity contribution >= 4 is 57.3 Å². The van der Waals surface area contributed by atoms with Gasteiger partial charge in [-0.1, -0.05) is 80.1 Å². The van der Waals surface area contributed by atoms with Crippen molar-refractivity contribution in [3.05, 3.63) is 130 Å². The van der Waals surface area contributed by atoms with Gasteiger partial charge in [0.05, 0.1) is 24.3 Å². The number of nitrogens with zero attached hydrogens (tertiary/aromatic N) is 2. The van der Waals surface area contributed by atoms with Crippen LogP contribution in [0.1, 0.15) is 196 Å². The summed E-state index contributed by atoms with van der Waals surface area (Å²) in [5, 5.41) is 0.765. The number of hydrogen-bond acceptors (Lipinski definition) is 14. The van der Waals surface area contributed by atoms with Crippen LogP contribution in [0.5, 0.6) is 11.5 Å². The number of furan rings is 2. The van der Waals surface area contributed by atoms with Crippen LogP contribution in [0.25, 0.3) is 21.9 Å². The van der Waals surface area contributed by atoms with E-state index in [0.717, 1.165) is 103 Å². The number of ketones is 2. The largest absolute Gasteiger partial charge is 0.494 e. The Morgan fingerprint density at radius 2 is 0.738 bits per heavy atom. The van der Waals surface area contributed by atoms with Crippen LogP contribution >= 0.6 is 0 Å². The van der Waals surface area contributed by atoms with Crippen molar-refractivity contribution in [2.45, 2.75) is 144 Å². The second kappa shape index (κ2) is 32.7. The molecule has 2 N–H and O–H groups in total. The number of aryl methyl sites for hydroxylation is 2. The maximum Gasteiger partial charge on any atom is 0.443 e. The highest BCUT2D eigenvalue weighted by molar-refractivity contribution is 6.30. The number of benzene rings is 4. The van der Waals surface area contributed by atoms with Crippen LogP contribution in [0, 0.1) is 0 Å². The average molecular weight is 1100 g/mol. The lowest BCUT2D eigenvalue weighted by atomic mass is 9.97. The zero-order chi connectivity index (χ0) is 57.2. The van der Waals surface area contributed by atoms with E-state index in [4.69, 9.17) is 28.0 Å². The van der Waals surface area contributed by atoms with Gasteiger partial charge in [0.25, 0.3) is 11.8 Å². The van der Waals surface area contributed by atoms with Crippen LogP contribution in [0.2, 0.25) is 0 Å². The Hall–Kier alpha value is -7.30. The molecule has 6 rings (SSSR count). The van der Waals surface area contributed by atoms with Crippen molar-refractivity contribution in [1.82, 2.24) is 20.8 Å². The summed E-state index contributed by atoms with van der Waals surface area (Å²) in [5.41, 5.74) is 6.10. The molecule has 0 bridgehead atoms. The molecule has 4 aromatic carbocycles. The Morgan fingerprint density at radius 1 is 0.412 bits per heavy atom. The summed E-state index contributed by atoms with van der Waals surface area (Å²) in [6, 6.07) is 22.8. The number of carbonyl (C=O) groups excluding carboxylic acids is 6. The van der Waals surface area contributed by atoms with E-state index in [1.165, 1.54) is 49.9 Å². The second-order valence-electron chi connectivity index (χ2n) is 20.3. The van der Waals surface area contributed by atoms with Gasteiger partial charge in [0.1, 0.15) is 34.2 Å². The molecule has 16 heteroatoms. The number of ether oxygens (including phenoxy) is 2. The number of nitrogens with one attached hydrogen (secondary N) is 2. The first kappa shape index (κ1) is 61.9. The Balaban J connectivity index is 1.05. The van der Waals surface area contributed by atoms with E-state index in [1.807, 2.05) is 24.8 Å². The first-order chi connectivity index (χ1) is 38.9. The van der Waals surface area contributed by atoms with E-state index in [1.54, 1.807) is 60.7 Å². The monoisotopic (exact) mass is 1100 g/mol. The normalized spacial score (nSPS) is 11.3. The standard InChI is InChI=1S/C64H82N4O12/c1-7-13-21-55-57(59(69)45-23-29-49(30-24-45)75-41-19-39-67(35-15-9-3)36-16-10-4)51-43-47(27-33-53(51)77-55)61(71)65-79-63(73)64(74)80-66-62(72)48-28-34-54-52(44-48)58(56(78-54)22-14-8-2)60(70)46-25-31-50(32-26-46)76-42-20-40-68(37-17-11-5)38-18-12-6/h23-34,43-44H,7-22,35-42H2,1-6H3,(H,65,71)(H,66,72). The molecule has 2 heterocycles. The summed E-state index contributed by atoms with van der Waals surface area (Å²) in [4.78, 5) is 95.1. The zero-order valence-corrected chi connectivity index (χ0v) is 47.8. The summed E-state index contributed by atoms with van der Waals surface area (Å²) < 4.78 is 24.4. The van der Waals surface area contributed by atoms with Crippen molar-refractivity contribution in [3.8, 4) is 11.5 Å². The van der Waals surface area contributed by atoms with Crippen LogP contribution in [0.3, 0.4) is 0 Å². The van der Waals surface area contributed by atoms with Crippen LogP contribution in [0.15, 0.2) is 93.8 Å². The summed E-state index contributed by atoms with van der Waals surface area (Å²) in [6.45, 7) is 20.3. The fourth-order valence-corrected chi connectivity index (χ4v) is 9.34. The number of rotatable bonds is 34. The summed E-state index contributed by atoms with van der Waals surface area (Å²) in [7, 11) is 0. The molecule has 6 aromatic rings. The number of amides is 2. The van der Waals surface area contributed by atoms with Crippen LogP contribution in [-0.2, 0) is 32.1 Å². The Labute approximate surface area is 471 Å². The summed E-state index contributed by atoms with van der Waals surface area (Å²) in [6.07, 6.45) is 15.3. The third-order valence-corrected chi connectivity index (χ3v) is 14.0. The van der Waals surface area contributed by atoms with Crippen molar-refractivity contribution in [2.75, 3.05) is 52.5 Å². The van der Waals surface area contributed by atoms with Gasteiger partial charge in [-0.3, -0.25) is 19.2 Å². The molecule has 0 unspecified atom stereocenters. The minimum Gasteiger partial charge on any atom is -0.494 e. The SMILES string of the molecule is CCCCc1oc2ccc(C(=O)NOC(=O)C(=O)ONC(=O)c3ccc4oc(CCCC)c(C(=O)c5ccc(OCCCN(CCCC)CCCC)cc5)c4c3)cc2c1C(=O)c1ccc(OCCCN(CCCC)CCCC)cc1. The van der Waals surface area contributed by atoms with Crippen molar-refractivity contribution in [1.29, 1.82) is 0 Å². The Bertz CT molecular complexity index is 2740. The van der Waals surface area contributed by atoms with E-state index in [2.05, 4.69) is 37.5 Å². The van der Waals surface area contributed by atoms with Gasteiger partial charge in [-0.15, -0.1) is 0 Å². The highest BCUT2D eigenvalue weighted by Gasteiger charge is 2.27. The molecule has 0 aliphatic heterocycles. The van der Waals surface area contributed by atoms with E-state index < -0.39 is 23.8 Å². The third kappa shape index (κ3) is 17.9. The van der Waals surface area contributed by atoms with Crippen LogP contribution < -0.4 is 20.4 Å². The van der Waals surface area contributed by atoms with Gasteiger partial charge in [-0.05, 0) is 162 Å². The predicted octanol–water partition coefficient (Wildman–Crippen LogP) is 12.7. The lowest BCUT2D eigenvalue weighted by Gasteiger charge is -2.21. The van der Waals surface area contributed by atoms with Gasteiger partial charge < -0.3 is 37.8 Å². The molecule has 0 radical (unpaired) electrons. The Kier molecular flexibility index (Phi) is 25.3. The zero-order valence-electron chi connectivity index (χ0n) is 47.8. The molecule has 0 atom stereocenters. The number of unbranched alkanes of at least 4 members (excludes halogenated alkanes) is 6. The van der Waals surface area contributed by atoms with Gasteiger partial charge in [-0.25, -0.2) is 9.59 Å². The van der Waals surface area contributed by atoms with Crippen molar-refractivity contribution < 1.29 is 56.8 Å². The highest BCUT2D eigenvalue weighted by atomic mass is 16.7. The summed E-state index contributed by atoms with van der Waals surface area (Å²) in [5.74, 6) is -3.43. The van der Waals surface area contributed by atoms with Gasteiger partial charge >= 0.3 is 11.9 Å². The molecule has 430 valence electrons. The van der Waals surface area contributed by atoms with E-state index >= 15 is 0 Å². The molecule has 0 aliphatic rings. The fraction of sp³-hybridized carbons (Fsp3) is 0.469. The van der Waals surface area contributed by atoms with Crippen LogP contribution in [0.4, 0.5) is 0 Å². The molecule has 2 aromatic heterocycles. The van der Waals surface area contributed by atoms with Crippen molar-refractivity contribution in [2.24, 2.45) is 0 Å². The first-order valence-electron chi connectivity index (χ1n) is 29.1. The lowest BCUT2D eigenvalue weighted by molar-refractivity contribution is -0.173. The molecule has 0 saturated heterocycles. The van der Waals surface area contributed by atoms with E-state index in [-0.39, 0.29) is 22.7 Å². The molecule has 0 aliphatic carbocycles. The van der Waals surface area contributed by atoms with Gasteiger partial charge in [-0.2, -0.15) is 11.0 Å². The number of hydrogen-bond donors (Lipinski definition) is 2. The smallest absolute Gasteiger partial charge is 0.443 e. The fourth-order valence-electron chi connectivity index (χ4n) is 9.34. The number of carbonyl (C=O) groups is 6. The van der Waals surface area contributed by atoms with Gasteiger partial charge in [0.15, 0.2) is 11.6 Å². The van der Waals surface area contributed by atoms with E-state index in [0.29, 0.717) is 93.3 Å². The molecule has 80 heavy (non-hydrogen) atoms. The molecule has 0 saturated carbocycles. The third-order valence-electron chi connectivity index (χ3n) is 14.0. The maximum atomic E-state index is 14.2. The Morgan fingerprint density at radius 3 is 1.07 bits per heavy atom. The molecule has 0 spiro atoms. The molecular formula is C64H82N4O12. The molecule has 2 amide bonds. The van der Waals surface area contributed by atoms with Crippen LogP contribution in [-0.4, -0.2) is 97.6 Å². The average Bonchev–Trinajstić information content (AvgIpc) is 4.04.